The number of phenols is 3. The van der Waals surface area contributed by atoms with Crippen LogP contribution < -0.4 is 52.3 Å². The van der Waals surface area contributed by atoms with Gasteiger partial charge in [-0.3, -0.25) is 33.6 Å². The minimum absolute atomic E-state index is 0.0161. The quantitative estimate of drug-likeness (QED) is 0.0675. The largest absolute Gasteiger partial charge is 0.508 e. The summed E-state index contributed by atoms with van der Waals surface area (Å²) in [5, 5.41) is 128. The molecule has 104 heavy (non-hydrogen) atoms. The molecule has 11 bridgehead atoms. The number of hydrogen-bond acceptors (Lipinski definition) is 25. The van der Waals surface area contributed by atoms with Crippen molar-refractivity contribution in [1.82, 2.24) is 26.6 Å². The lowest BCUT2D eigenvalue weighted by Crippen LogP contribution is -2.65. The number of aliphatic hydroxyl groups is 6. The first kappa shape index (κ1) is 77.8. The molecule has 0 aliphatic carbocycles. The zero-order chi connectivity index (χ0) is 75.7. The smallest absolute Gasteiger partial charge is 0.330 e. The molecule has 0 spiro atoms. The predicted octanol–water partition coefficient (Wildman–Crippen LogP) is 3.11. The molecule has 7 aliphatic heterocycles. The van der Waals surface area contributed by atoms with Crippen molar-refractivity contribution in [3.8, 4) is 57.1 Å². The van der Waals surface area contributed by atoms with Gasteiger partial charge < -0.3 is 118 Å². The lowest BCUT2D eigenvalue weighted by atomic mass is 9.84. The predicted molar refractivity (Wildman–Crippen MR) is 366 cm³/mol. The Morgan fingerprint density at radius 2 is 1.39 bits per heavy atom. The monoisotopic (exact) mass is 1490 g/mol. The van der Waals surface area contributed by atoms with Crippen LogP contribution in [0.15, 0.2) is 78.9 Å². The third-order valence-electron chi connectivity index (χ3n) is 19.2. The summed E-state index contributed by atoms with van der Waals surface area (Å²) in [7, 11) is 0. The zero-order valence-corrected chi connectivity index (χ0v) is 58.4. The number of primary amides is 1. The second-order valence-corrected chi connectivity index (χ2v) is 28.0. The fraction of sp³-hybridized carbons (Fsp3) is 0.465. The Morgan fingerprint density at radius 3 is 1.99 bits per heavy atom. The number of hydrogen-bond donors (Lipinski definition) is 17. The number of Topliss-reactive ketones (excluding diaryl/α,β-unsaturated/α-hetero) is 2. The molecular weight excluding hydrogens is 1410 g/mol. The van der Waals surface area contributed by atoms with Gasteiger partial charge in [0, 0.05) is 73.0 Å². The zero-order valence-electron chi connectivity index (χ0n) is 56.9. The second kappa shape index (κ2) is 32.3. The molecule has 7 aliphatic rings. The number of carboxylic acids is 1. The number of aliphatic hydroxyl groups excluding tert-OH is 6. The fourth-order valence-electron chi connectivity index (χ4n) is 13.7. The molecule has 0 radical (unpaired) electrons. The molecule has 5 amide bonds. The molecule has 5 aromatic carbocycles. The van der Waals surface area contributed by atoms with Gasteiger partial charge in [-0.2, -0.15) is 0 Å². The van der Waals surface area contributed by atoms with E-state index >= 15 is 19.2 Å². The molecule has 2 saturated heterocycles. The number of phenolic OH excluding ortho intramolecular Hbond substituents is 3. The van der Waals surface area contributed by atoms with Crippen LogP contribution in [0.2, 0.25) is 10.0 Å². The van der Waals surface area contributed by atoms with Crippen LogP contribution in [0.4, 0.5) is 0 Å². The van der Waals surface area contributed by atoms with Crippen molar-refractivity contribution >= 4 is 70.3 Å². The molecule has 18 atom stereocenters. The van der Waals surface area contributed by atoms with Crippen LogP contribution in [0.5, 0.6) is 46.0 Å². The molecule has 7 heterocycles. The highest BCUT2D eigenvalue weighted by molar-refractivity contribution is 6.32. The summed E-state index contributed by atoms with van der Waals surface area (Å²) in [6.45, 7) is 8.16. The number of aliphatic carboxylic acids is 1. The van der Waals surface area contributed by atoms with Crippen LogP contribution in [0.1, 0.15) is 131 Å². The van der Waals surface area contributed by atoms with Crippen molar-refractivity contribution in [3.05, 3.63) is 117 Å². The van der Waals surface area contributed by atoms with Crippen LogP contribution >= 0.6 is 23.2 Å². The molecule has 2 fully saturated rings. The molecule has 33 heteroatoms. The number of carbonyl (C=O) groups is 8. The topological polar surface area (TPSA) is 506 Å². The van der Waals surface area contributed by atoms with Crippen LogP contribution in [-0.2, 0) is 52.6 Å². The van der Waals surface area contributed by atoms with Gasteiger partial charge in [0.15, 0.2) is 41.5 Å². The summed E-state index contributed by atoms with van der Waals surface area (Å²) in [6, 6.07) is 5.71. The summed E-state index contributed by atoms with van der Waals surface area (Å²) in [6.07, 6.45) is -19.5. The van der Waals surface area contributed by atoms with Crippen molar-refractivity contribution in [1.29, 1.82) is 0 Å². The normalized spacial score (nSPS) is 29.1. The van der Waals surface area contributed by atoms with Crippen molar-refractivity contribution in [3.63, 3.8) is 0 Å². The van der Waals surface area contributed by atoms with Gasteiger partial charge in [-0.15, -0.1) is 0 Å². The number of fused-ring (bicyclic) bond motifs is 15. The minimum atomic E-state index is -2.24. The number of ether oxygens (including phenoxy) is 6. The summed E-state index contributed by atoms with van der Waals surface area (Å²) in [5.41, 5.74) is 8.11. The Morgan fingerprint density at radius 1 is 0.750 bits per heavy atom. The molecule has 0 unspecified atom stereocenters. The number of carboxylic acid groups (broad SMARTS) is 1. The SMILES string of the molecule is CC[C@H](CC(C)C)C(=O)N[C@H]1C(=O)C[C@@H](CC(N)=O)C(=O)N[C@H]2C(=O)C[C@H]3C(=O)N[C@H](C(=O)N[C@@H](C(=O)O)c4cc(O)cc(O)c4-c4cc3ccc4O)[C@H](O)c3ccc(c(Cl)c3)Oc3cc2cc(c3O[C@@H]2O[C@H](CO)[C@@H](O)[C@H](O)[C@H]2O[C@H]2C[C@](C)(NCCN)[C@H](O)[C@H](C)O2)Oc2ccc(cc2Cl)[C@H]1O. The number of carbonyl (C=O) groups excluding carboxylic acids is 7. The number of benzene rings is 5. The van der Waals surface area contributed by atoms with Crippen molar-refractivity contribution in [2.75, 3.05) is 19.7 Å². The molecular formula is C71H83Cl2N7O24. The third kappa shape index (κ3) is 16.6. The van der Waals surface area contributed by atoms with E-state index in [2.05, 4.69) is 26.6 Å². The molecule has 560 valence electrons. The summed E-state index contributed by atoms with van der Waals surface area (Å²) < 4.78 is 39.0. The summed E-state index contributed by atoms with van der Waals surface area (Å²) in [5.74, 6) is -18.9. The van der Waals surface area contributed by atoms with E-state index in [4.69, 9.17) is 63.1 Å². The van der Waals surface area contributed by atoms with Gasteiger partial charge in [0.25, 0.3) is 0 Å². The number of halogens is 2. The van der Waals surface area contributed by atoms with Crippen LogP contribution in [0.25, 0.3) is 11.1 Å². The molecule has 0 saturated carbocycles. The maximum absolute atomic E-state index is 16.2. The first-order valence-electron chi connectivity index (χ1n) is 33.6. The molecule has 31 nitrogen and oxygen atoms in total. The van der Waals surface area contributed by atoms with Gasteiger partial charge >= 0.3 is 5.97 Å². The van der Waals surface area contributed by atoms with Crippen LogP contribution in [0.3, 0.4) is 0 Å². The van der Waals surface area contributed by atoms with Gasteiger partial charge in [-0.1, -0.05) is 62.2 Å². The average molecular weight is 1490 g/mol. The van der Waals surface area contributed by atoms with E-state index in [1.54, 1.807) is 20.8 Å². The minimum Gasteiger partial charge on any atom is -0.508 e. The van der Waals surface area contributed by atoms with E-state index in [0.29, 0.717) is 12.8 Å². The van der Waals surface area contributed by atoms with Gasteiger partial charge in [0.05, 0.1) is 40.7 Å². The molecule has 0 aromatic heterocycles. The Bertz CT molecular complexity index is 4130. The highest BCUT2D eigenvalue weighted by atomic mass is 35.5. The molecule has 5 aromatic rings. The Hall–Kier alpha value is -8.80. The van der Waals surface area contributed by atoms with Gasteiger partial charge in [0.2, 0.25) is 41.6 Å². The van der Waals surface area contributed by atoms with Crippen LogP contribution in [-0.4, -0.2) is 185 Å². The first-order chi connectivity index (χ1) is 49.2. The van der Waals surface area contributed by atoms with Crippen LogP contribution in [0, 0.1) is 17.8 Å². The lowest BCUT2D eigenvalue weighted by Gasteiger charge is -2.48. The van der Waals surface area contributed by atoms with E-state index in [-0.39, 0.29) is 64.2 Å². The summed E-state index contributed by atoms with van der Waals surface area (Å²) >= 11 is 14.2. The van der Waals surface area contributed by atoms with Crippen molar-refractivity contribution in [2.24, 2.45) is 29.2 Å². The van der Waals surface area contributed by atoms with E-state index < -0.39 is 238 Å². The fourth-order valence-corrected chi connectivity index (χ4v) is 14.2. The molecule has 19 N–H and O–H groups in total. The van der Waals surface area contributed by atoms with Gasteiger partial charge in [-0.05, 0) is 109 Å². The molecule has 12 rings (SSSR count). The average Bonchev–Trinajstić information content (AvgIpc) is 0.768. The second-order valence-electron chi connectivity index (χ2n) is 27.2. The number of amides is 5. The maximum atomic E-state index is 16.2. The first-order valence-corrected chi connectivity index (χ1v) is 34.4. The van der Waals surface area contributed by atoms with E-state index in [9.17, 15) is 70.2 Å². The van der Waals surface area contributed by atoms with Gasteiger partial charge in [0.1, 0.15) is 77.4 Å². The number of nitrogens with one attached hydrogen (secondary N) is 5. The van der Waals surface area contributed by atoms with E-state index in [0.717, 1.165) is 54.6 Å². The Balaban J connectivity index is 1.24. The summed E-state index contributed by atoms with van der Waals surface area (Å²) in [4.78, 5) is 118. The number of nitrogens with two attached hydrogens (primary N) is 2. The van der Waals surface area contributed by atoms with E-state index in [1.807, 2.05) is 13.8 Å². The highest BCUT2D eigenvalue weighted by Gasteiger charge is 2.52. The van der Waals surface area contributed by atoms with E-state index in [1.165, 1.54) is 24.3 Å². The number of rotatable bonds is 16. The number of ketones is 2. The highest BCUT2D eigenvalue weighted by Crippen LogP contribution is 2.50. The lowest BCUT2D eigenvalue weighted by molar-refractivity contribution is -0.334. The third-order valence-corrected chi connectivity index (χ3v) is 19.8. The maximum Gasteiger partial charge on any atom is 0.330 e. The Kier molecular flexibility index (Phi) is 24.2. The standard InChI is InChI=1S/C71H83Cl2N7O24/c1-6-30(15-28(2)3)65(93)79-56-44(85)19-35(22-51(75)87)66(94)77-54-34-20-48(100-46-11-8-32(58(56)88)17-40(46)72)62(104-70-63(61(91)60(90)50(27-81)102-70)103-52-26-71(5,76-14-13-74)64(92)29(4)99-52)49(21-34)101-47-12-9-33(18-41(47)73)59(89)57-68(96)78-55(69(97)98)39-23-36(82)24-43(84)53(39)38-16-31(7-10-42(38)83)37(25-45(54)86)67(95)80-57/h7-12,16-18,20-21,23-24,28-30,35,37,50,52,54-61,63-64,70,76,81-84,88-92H,6,13-15,19,22,25-27,74H2,1-5H3,(H2,75,87)(H,77,94)(H,78,96)(H,79,93)(H,80,95)(H,97,98)/t29-,30+,35-,37+,50+,52-,54+,55+,56-,57-,58+,59+,60+,61-,63+,64+,70-,71-/m0/s1. The van der Waals surface area contributed by atoms with Gasteiger partial charge in [-0.25, -0.2) is 4.79 Å². The van der Waals surface area contributed by atoms with Crippen molar-refractivity contribution in [2.45, 2.75) is 170 Å². The Labute approximate surface area is 605 Å². The van der Waals surface area contributed by atoms with Crippen molar-refractivity contribution < 1.29 is 118 Å². The number of aromatic hydroxyl groups is 3.